The highest BCUT2D eigenvalue weighted by Gasteiger charge is 2.18. The smallest absolute Gasteiger partial charge is 0.137 e. The summed E-state index contributed by atoms with van der Waals surface area (Å²) in [4.78, 5) is 2.06. The fraction of sp³-hybridized carbons (Fsp3) is 0.400. The molecule has 0 bridgehead atoms. The zero-order valence-electron chi connectivity index (χ0n) is 12.0. The van der Waals surface area contributed by atoms with E-state index in [2.05, 4.69) is 10.00 Å². The molecule has 0 aliphatic heterocycles. The zero-order valence-corrected chi connectivity index (χ0v) is 12.8. The second kappa shape index (κ2) is 6.39. The summed E-state index contributed by atoms with van der Waals surface area (Å²) in [5.41, 5.74) is 2.86. The first-order valence-corrected chi connectivity index (χ1v) is 7.03. The van der Waals surface area contributed by atoms with Crippen LogP contribution in [-0.4, -0.2) is 39.5 Å². The first kappa shape index (κ1) is 15.0. The third kappa shape index (κ3) is 3.03. The maximum Gasteiger partial charge on any atom is 0.137 e. The van der Waals surface area contributed by atoms with Gasteiger partial charge >= 0.3 is 0 Å². The van der Waals surface area contributed by atoms with Crippen molar-refractivity contribution in [3.05, 3.63) is 46.7 Å². The molecule has 2 aromatic rings. The van der Waals surface area contributed by atoms with Gasteiger partial charge in [0.15, 0.2) is 0 Å². The number of nitrogens with zero attached hydrogens (tertiary/aromatic N) is 3. The molecule has 1 heterocycles. The number of likely N-dealkylation sites (N-methyl/N-ethyl adjacent to an activating group) is 1. The van der Waals surface area contributed by atoms with Gasteiger partial charge in [-0.05, 0) is 33.0 Å². The first-order chi connectivity index (χ1) is 9.54. The van der Waals surface area contributed by atoms with E-state index in [1.54, 1.807) is 4.68 Å². The van der Waals surface area contributed by atoms with Gasteiger partial charge in [-0.3, -0.25) is 4.90 Å². The van der Waals surface area contributed by atoms with Crippen molar-refractivity contribution < 1.29 is 5.11 Å². The van der Waals surface area contributed by atoms with E-state index in [-0.39, 0.29) is 12.6 Å². The summed E-state index contributed by atoms with van der Waals surface area (Å²) in [5.74, 6) is 0. The number of aromatic nitrogens is 2. The lowest BCUT2D eigenvalue weighted by Crippen LogP contribution is -2.31. The molecule has 0 radical (unpaired) electrons. The van der Waals surface area contributed by atoms with Gasteiger partial charge in [0.1, 0.15) is 5.15 Å². The largest absolute Gasteiger partial charge is 0.395 e. The van der Waals surface area contributed by atoms with E-state index in [1.807, 2.05) is 51.2 Å². The second-order valence-electron chi connectivity index (χ2n) is 5.05. The van der Waals surface area contributed by atoms with E-state index >= 15 is 0 Å². The van der Waals surface area contributed by atoms with Crippen LogP contribution in [0.25, 0.3) is 5.69 Å². The number of rotatable bonds is 5. The molecule has 20 heavy (non-hydrogen) atoms. The van der Waals surface area contributed by atoms with E-state index in [4.69, 9.17) is 11.6 Å². The second-order valence-corrected chi connectivity index (χ2v) is 5.41. The molecule has 1 N–H and O–H groups in total. The minimum atomic E-state index is 0.0885. The minimum absolute atomic E-state index is 0.0885. The van der Waals surface area contributed by atoms with Gasteiger partial charge in [0.25, 0.3) is 0 Å². The normalized spacial score (nSPS) is 12.9. The molecule has 108 valence electrons. The van der Waals surface area contributed by atoms with Crippen molar-refractivity contribution >= 4 is 11.6 Å². The lowest BCUT2D eigenvalue weighted by molar-refractivity contribution is 0.154. The summed E-state index contributed by atoms with van der Waals surface area (Å²) in [7, 11) is 1.97. The average Bonchev–Trinajstić information content (AvgIpc) is 2.75. The van der Waals surface area contributed by atoms with Crippen molar-refractivity contribution in [2.45, 2.75) is 26.4 Å². The monoisotopic (exact) mass is 293 g/mol. The third-order valence-electron chi connectivity index (χ3n) is 3.55. The Kier molecular flexibility index (Phi) is 4.81. The maximum atomic E-state index is 9.21. The van der Waals surface area contributed by atoms with Gasteiger partial charge in [-0.1, -0.05) is 29.8 Å². The highest BCUT2D eigenvalue weighted by Crippen LogP contribution is 2.24. The quantitative estimate of drug-likeness (QED) is 0.921. The van der Waals surface area contributed by atoms with Crippen molar-refractivity contribution in [2.24, 2.45) is 0 Å². The van der Waals surface area contributed by atoms with Gasteiger partial charge in [0, 0.05) is 18.2 Å². The zero-order chi connectivity index (χ0) is 14.7. The number of hydrogen-bond donors (Lipinski definition) is 1. The summed E-state index contributed by atoms with van der Waals surface area (Å²) in [6.45, 7) is 4.72. The standard InChI is InChI=1S/C15H20ClN3O/c1-11(10-20)18(3)9-14-12(2)17-19(15(14)16)13-7-5-4-6-8-13/h4-8,11,20H,9-10H2,1-3H3. The van der Waals surface area contributed by atoms with Crippen LogP contribution in [-0.2, 0) is 6.54 Å². The average molecular weight is 294 g/mol. The van der Waals surface area contributed by atoms with Crippen LogP contribution >= 0.6 is 11.6 Å². The molecule has 1 aromatic heterocycles. The van der Waals surface area contributed by atoms with Gasteiger partial charge in [0.05, 0.1) is 18.0 Å². The topological polar surface area (TPSA) is 41.3 Å². The number of aliphatic hydroxyl groups is 1. The Bertz CT molecular complexity index is 568. The van der Waals surface area contributed by atoms with E-state index < -0.39 is 0 Å². The molecular weight excluding hydrogens is 274 g/mol. The van der Waals surface area contributed by atoms with E-state index in [1.165, 1.54) is 0 Å². The Labute approximate surface area is 124 Å². The molecule has 5 heteroatoms. The van der Waals surface area contributed by atoms with Crippen molar-refractivity contribution in [1.29, 1.82) is 0 Å². The summed E-state index contributed by atoms with van der Waals surface area (Å²) < 4.78 is 1.75. The van der Waals surface area contributed by atoms with Crippen LogP contribution in [0.3, 0.4) is 0 Å². The van der Waals surface area contributed by atoms with Gasteiger partial charge in [-0.2, -0.15) is 5.10 Å². The predicted molar refractivity (Wildman–Crippen MR) is 81.3 cm³/mol. The Balaban J connectivity index is 2.30. The van der Waals surface area contributed by atoms with Crippen LogP contribution in [0.2, 0.25) is 5.15 Å². The van der Waals surface area contributed by atoms with Crippen molar-refractivity contribution in [3.63, 3.8) is 0 Å². The first-order valence-electron chi connectivity index (χ1n) is 6.65. The molecule has 0 spiro atoms. The van der Waals surface area contributed by atoms with Gasteiger partial charge in [-0.25, -0.2) is 4.68 Å². The van der Waals surface area contributed by atoms with E-state index in [0.29, 0.717) is 11.7 Å². The van der Waals surface area contributed by atoms with E-state index in [9.17, 15) is 5.11 Å². The molecule has 1 unspecified atom stereocenters. The lowest BCUT2D eigenvalue weighted by Gasteiger charge is -2.22. The van der Waals surface area contributed by atoms with Crippen LogP contribution in [0.15, 0.2) is 30.3 Å². The summed E-state index contributed by atoms with van der Waals surface area (Å²) >= 11 is 6.47. The molecule has 0 amide bonds. The molecule has 0 aliphatic carbocycles. The molecular formula is C15H20ClN3O. The molecule has 1 atom stereocenters. The van der Waals surface area contributed by atoms with Crippen molar-refractivity contribution in [3.8, 4) is 5.69 Å². The van der Waals surface area contributed by atoms with Gasteiger partial charge < -0.3 is 5.11 Å². The van der Waals surface area contributed by atoms with E-state index in [0.717, 1.165) is 16.9 Å². The van der Waals surface area contributed by atoms with Gasteiger partial charge in [-0.15, -0.1) is 0 Å². The van der Waals surface area contributed by atoms with Crippen molar-refractivity contribution in [1.82, 2.24) is 14.7 Å². The lowest BCUT2D eigenvalue weighted by atomic mass is 10.2. The molecule has 0 saturated heterocycles. The molecule has 0 fully saturated rings. The van der Waals surface area contributed by atoms with Crippen LogP contribution in [0.5, 0.6) is 0 Å². The van der Waals surface area contributed by atoms with Crippen molar-refractivity contribution in [2.75, 3.05) is 13.7 Å². The minimum Gasteiger partial charge on any atom is -0.395 e. The van der Waals surface area contributed by atoms with Crippen LogP contribution in [0.4, 0.5) is 0 Å². The summed E-state index contributed by atoms with van der Waals surface area (Å²) in [5, 5.41) is 14.4. The summed E-state index contributed by atoms with van der Waals surface area (Å²) in [6.07, 6.45) is 0. The molecule has 0 aliphatic rings. The third-order valence-corrected chi connectivity index (χ3v) is 3.93. The van der Waals surface area contributed by atoms with Gasteiger partial charge in [0.2, 0.25) is 0 Å². The van der Waals surface area contributed by atoms with Crippen LogP contribution in [0.1, 0.15) is 18.2 Å². The Morgan fingerprint density at radius 1 is 1.35 bits per heavy atom. The van der Waals surface area contributed by atoms with Crippen LogP contribution in [0, 0.1) is 6.92 Å². The predicted octanol–water partition coefficient (Wildman–Crippen LogP) is 2.65. The highest BCUT2D eigenvalue weighted by molar-refractivity contribution is 6.30. The molecule has 0 saturated carbocycles. The molecule has 2 rings (SSSR count). The maximum absolute atomic E-state index is 9.21. The molecule has 1 aromatic carbocycles. The Hall–Kier alpha value is -1.36. The molecule has 4 nitrogen and oxygen atoms in total. The highest BCUT2D eigenvalue weighted by atomic mass is 35.5. The number of aliphatic hydroxyl groups excluding tert-OH is 1. The summed E-state index contributed by atoms with van der Waals surface area (Å²) in [6, 6.07) is 9.92. The number of para-hydroxylation sites is 1. The number of benzene rings is 1. The number of hydrogen-bond acceptors (Lipinski definition) is 3. The fourth-order valence-corrected chi connectivity index (χ4v) is 2.33. The SMILES string of the molecule is Cc1nn(-c2ccccc2)c(Cl)c1CN(C)C(C)CO. The number of aryl methyl sites for hydroxylation is 1. The van der Waals surface area contributed by atoms with Crippen LogP contribution < -0.4 is 0 Å². The fourth-order valence-electron chi connectivity index (χ4n) is 2.00. The Morgan fingerprint density at radius 3 is 2.60 bits per heavy atom. The Morgan fingerprint density at radius 2 is 2.00 bits per heavy atom. The number of halogens is 1.